The summed E-state index contributed by atoms with van der Waals surface area (Å²) >= 11 is 0. The zero-order valence-electron chi connectivity index (χ0n) is 12.2. The minimum Gasteiger partial charge on any atom is -0.450 e. The normalized spacial score (nSPS) is 43.0. The van der Waals surface area contributed by atoms with Crippen LogP contribution < -0.4 is 5.32 Å². The number of piperidine rings is 1. The van der Waals surface area contributed by atoms with Gasteiger partial charge in [0.25, 0.3) is 0 Å². The Labute approximate surface area is 120 Å². The molecule has 110 valence electrons. The van der Waals surface area contributed by atoms with E-state index in [1.807, 2.05) is 0 Å². The van der Waals surface area contributed by atoms with Crippen molar-refractivity contribution >= 4 is 5.97 Å². The highest BCUT2D eigenvalue weighted by molar-refractivity contribution is 5.87. The number of nitrogens with zero attached hydrogens (tertiary/aromatic N) is 1. The van der Waals surface area contributed by atoms with Gasteiger partial charge in [0.2, 0.25) is 0 Å². The van der Waals surface area contributed by atoms with Gasteiger partial charge in [0.15, 0.2) is 5.60 Å². The summed E-state index contributed by atoms with van der Waals surface area (Å²) in [6.07, 6.45) is 8.69. The number of fused-ring (bicyclic) bond motifs is 3. The Morgan fingerprint density at radius 3 is 3.25 bits per heavy atom. The molecule has 0 aromatic carbocycles. The number of ether oxygens (including phenoxy) is 1. The summed E-state index contributed by atoms with van der Waals surface area (Å²) in [4.78, 5) is 14.5. The molecule has 3 aliphatic heterocycles. The van der Waals surface area contributed by atoms with E-state index in [1.165, 1.54) is 31.4 Å². The zero-order valence-corrected chi connectivity index (χ0v) is 12.2. The maximum absolute atomic E-state index is 11.8. The molecule has 1 spiro atoms. The van der Waals surface area contributed by atoms with E-state index < -0.39 is 0 Å². The number of esters is 1. The quantitative estimate of drug-likeness (QED) is 0.795. The zero-order chi connectivity index (χ0) is 13.7. The average molecular weight is 276 g/mol. The van der Waals surface area contributed by atoms with Crippen LogP contribution in [0.4, 0.5) is 0 Å². The molecule has 4 aliphatic rings. The standard InChI is InChI=1S/C16H24N2O2/c1-2-6-17-12-8-11-9-15(19)20-16(11)10-13(12)18-7-4-3-5-14(16)18/h9,12-14,17H,2-8,10H2,1H3/t12?,13-,14?,16-/m0/s1. The molecule has 20 heavy (non-hydrogen) atoms. The van der Waals surface area contributed by atoms with Gasteiger partial charge in [-0.05, 0) is 44.3 Å². The Morgan fingerprint density at radius 2 is 2.40 bits per heavy atom. The second kappa shape index (κ2) is 4.57. The maximum atomic E-state index is 11.8. The van der Waals surface area contributed by atoms with Crippen LogP contribution in [0, 0.1) is 0 Å². The van der Waals surface area contributed by atoms with Crippen molar-refractivity contribution in [3.05, 3.63) is 11.6 Å². The summed E-state index contributed by atoms with van der Waals surface area (Å²) < 4.78 is 5.87. The molecule has 3 fully saturated rings. The van der Waals surface area contributed by atoms with Crippen LogP contribution in [-0.2, 0) is 9.53 Å². The van der Waals surface area contributed by atoms with Gasteiger partial charge in [0.1, 0.15) is 0 Å². The summed E-state index contributed by atoms with van der Waals surface area (Å²) in [5.74, 6) is -0.109. The summed E-state index contributed by atoms with van der Waals surface area (Å²) in [6.45, 7) is 4.45. The fourth-order valence-corrected chi connectivity index (χ4v) is 4.93. The van der Waals surface area contributed by atoms with Gasteiger partial charge in [-0.3, -0.25) is 4.90 Å². The first-order valence-corrected chi connectivity index (χ1v) is 8.18. The van der Waals surface area contributed by atoms with Gasteiger partial charge >= 0.3 is 5.97 Å². The van der Waals surface area contributed by atoms with E-state index in [4.69, 9.17) is 4.74 Å². The SMILES string of the molecule is CCCNC1CC2=CC(=O)O[C@@]23C[C@@H]1N1CCCCC13. The third-order valence-corrected chi connectivity index (χ3v) is 5.70. The van der Waals surface area contributed by atoms with Crippen LogP contribution in [0.1, 0.15) is 45.4 Å². The summed E-state index contributed by atoms with van der Waals surface area (Å²) in [5.41, 5.74) is 1.01. The van der Waals surface area contributed by atoms with Crippen molar-refractivity contribution in [3.63, 3.8) is 0 Å². The van der Waals surface area contributed by atoms with Crippen LogP contribution in [0.25, 0.3) is 0 Å². The molecule has 4 atom stereocenters. The van der Waals surface area contributed by atoms with E-state index in [1.54, 1.807) is 6.08 Å². The van der Waals surface area contributed by atoms with Crippen molar-refractivity contribution in [2.75, 3.05) is 13.1 Å². The Balaban J connectivity index is 1.68. The lowest BCUT2D eigenvalue weighted by molar-refractivity contribution is -0.148. The maximum Gasteiger partial charge on any atom is 0.331 e. The smallest absolute Gasteiger partial charge is 0.331 e. The van der Waals surface area contributed by atoms with Crippen molar-refractivity contribution in [3.8, 4) is 0 Å². The Hall–Kier alpha value is -0.870. The number of carbonyl (C=O) groups is 1. The Kier molecular flexibility index (Phi) is 2.93. The van der Waals surface area contributed by atoms with Crippen LogP contribution >= 0.6 is 0 Å². The van der Waals surface area contributed by atoms with Gasteiger partial charge in [-0.15, -0.1) is 0 Å². The predicted molar refractivity (Wildman–Crippen MR) is 76.4 cm³/mol. The number of nitrogens with one attached hydrogen (secondary N) is 1. The summed E-state index contributed by atoms with van der Waals surface area (Å²) in [6, 6.07) is 1.48. The summed E-state index contributed by atoms with van der Waals surface area (Å²) in [5, 5.41) is 3.71. The molecule has 2 bridgehead atoms. The number of hydrogen-bond donors (Lipinski definition) is 1. The molecule has 0 radical (unpaired) electrons. The molecule has 1 N–H and O–H groups in total. The van der Waals surface area contributed by atoms with Crippen LogP contribution in [0.2, 0.25) is 0 Å². The van der Waals surface area contributed by atoms with Gasteiger partial charge < -0.3 is 10.1 Å². The van der Waals surface area contributed by atoms with E-state index in [0.29, 0.717) is 18.1 Å². The van der Waals surface area contributed by atoms with E-state index in [0.717, 1.165) is 25.8 Å². The molecule has 1 aliphatic carbocycles. The second-order valence-electron chi connectivity index (χ2n) is 6.77. The second-order valence-corrected chi connectivity index (χ2v) is 6.77. The van der Waals surface area contributed by atoms with E-state index in [-0.39, 0.29) is 11.6 Å². The van der Waals surface area contributed by atoms with Gasteiger partial charge in [-0.2, -0.15) is 0 Å². The topological polar surface area (TPSA) is 41.6 Å². The molecule has 4 rings (SSSR count). The van der Waals surface area contributed by atoms with E-state index in [9.17, 15) is 4.79 Å². The van der Waals surface area contributed by atoms with Crippen LogP contribution in [0.15, 0.2) is 11.6 Å². The molecule has 0 amide bonds. The lowest BCUT2D eigenvalue weighted by Gasteiger charge is -2.38. The first-order valence-electron chi connectivity index (χ1n) is 8.18. The molecule has 2 unspecified atom stereocenters. The van der Waals surface area contributed by atoms with Crippen LogP contribution in [0.5, 0.6) is 0 Å². The number of hydrogen-bond acceptors (Lipinski definition) is 4. The molecular weight excluding hydrogens is 252 g/mol. The molecule has 1 saturated carbocycles. The fourth-order valence-electron chi connectivity index (χ4n) is 4.93. The molecule has 4 nitrogen and oxygen atoms in total. The molecule has 0 aromatic rings. The molecule has 3 heterocycles. The molecule has 0 aromatic heterocycles. The predicted octanol–water partition coefficient (Wildman–Crippen LogP) is 1.61. The minimum atomic E-state index is -0.257. The van der Waals surface area contributed by atoms with E-state index >= 15 is 0 Å². The minimum absolute atomic E-state index is 0.109. The van der Waals surface area contributed by atoms with E-state index in [2.05, 4.69) is 17.1 Å². The molecule has 2 saturated heterocycles. The third-order valence-electron chi connectivity index (χ3n) is 5.70. The number of carbonyl (C=O) groups excluding carboxylic acids is 1. The van der Waals surface area contributed by atoms with Crippen molar-refractivity contribution in [1.29, 1.82) is 0 Å². The Morgan fingerprint density at radius 1 is 1.50 bits per heavy atom. The van der Waals surface area contributed by atoms with Crippen molar-refractivity contribution < 1.29 is 9.53 Å². The van der Waals surface area contributed by atoms with Gasteiger partial charge in [-0.1, -0.05) is 13.3 Å². The van der Waals surface area contributed by atoms with Crippen LogP contribution in [-0.4, -0.2) is 47.7 Å². The molecule has 4 heteroatoms. The monoisotopic (exact) mass is 276 g/mol. The van der Waals surface area contributed by atoms with Crippen molar-refractivity contribution in [2.45, 2.75) is 69.2 Å². The third kappa shape index (κ3) is 1.64. The first-order chi connectivity index (χ1) is 9.74. The van der Waals surface area contributed by atoms with Gasteiger partial charge in [0.05, 0.1) is 6.04 Å². The highest BCUT2D eigenvalue weighted by Crippen LogP contribution is 2.53. The largest absolute Gasteiger partial charge is 0.450 e. The van der Waals surface area contributed by atoms with Crippen molar-refractivity contribution in [2.24, 2.45) is 0 Å². The lowest BCUT2D eigenvalue weighted by Crippen LogP contribution is -2.50. The average Bonchev–Trinajstić information content (AvgIpc) is 2.93. The Bertz CT molecular complexity index is 461. The summed E-state index contributed by atoms with van der Waals surface area (Å²) in [7, 11) is 0. The van der Waals surface area contributed by atoms with Gasteiger partial charge in [-0.25, -0.2) is 4.79 Å². The fraction of sp³-hybridized carbons (Fsp3) is 0.812. The highest BCUT2D eigenvalue weighted by Gasteiger charge is 2.63. The molecular formula is C16H24N2O2. The lowest BCUT2D eigenvalue weighted by atomic mass is 9.75. The highest BCUT2D eigenvalue weighted by atomic mass is 16.6. The van der Waals surface area contributed by atoms with Gasteiger partial charge in [0, 0.05) is 24.6 Å². The van der Waals surface area contributed by atoms with Crippen LogP contribution in [0.3, 0.4) is 0 Å². The number of rotatable bonds is 3. The first kappa shape index (κ1) is 12.8. The van der Waals surface area contributed by atoms with Crippen molar-refractivity contribution in [1.82, 2.24) is 10.2 Å².